The standard InChI is InChI=1S/C31H36N2O3/c1-3-26-25-30(34-2)21-22-31(26)36-24-14-9-7-5-4-6-8-13-23-35-29-19-17-28(18-20-29)33-32-27-15-11-10-12-16-27/h1,10-12,15-22,25H,4-9,13-14,23-24H2,2H3. The lowest BCUT2D eigenvalue weighted by Crippen LogP contribution is -1.99. The van der Waals surface area contributed by atoms with Crippen LogP contribution >= 0.6 is 0 Å². The lowest BCUT2D eigenvalue weighted by atomic mass is 10.1. The van der Waals surface area contributed by atoms with Crippen LogP contribution in [-0.4, -0.2) is 20.3 Å². The van der Waals surface area contributed by atoms with E-state index >= 15 is 0 Å². The Kier molecular flexibility index (Phi) is 11.9. The Labute approximate surface area is 215 Å². The fraction of sp³-hybridized carbons (Fsp3) is 0.355. The Morgan fingerprint density at radius 1 is 0.639 bits per heavy atom. The number of nitrogens with zero attached hydrogens (tertiary/aromatic N) is 2. The molecule has 188 valence electrons. The second-order valence-electron chi connectivity index (χ2n) is 8.56. The molecule has 0 aliphatic heterocycles. The second-order valence-corrected chi connectivity index (χ2v) is 8.56. The molecule has 0 heterocycles. The van der Waals surface area contributed by atoms with E-state index in [2.05, 4.69) is 16.1 Å². The van der Waals surface area contributed by atoms with Gasteiger partial charge in [0.2, 0.25) is 0 Å². The molecule has 3 rings (SSSR count). The van der Waals surface area contributed by atoms with Gasteiger partial charge >= 0.3 is 0 Å². The number of hydrogen-bond donors (Lipinski definition) is 0. The zero-order valence-corrected chi connectivity index (χ0v) is 21.2. The van der Waals surface area contributed by atoms with Crippen molar-refractivity contribution in [1.29, 1.82) is 0 Å². The molecule has 0 atom stereocenters. The number of ether oxygens (including phenoxy) is 3. The molecule has 0 fully saturated rings. The van der Waals surface area contributed by atoms with Gasteiger partial charge in [0.25, 0.3) is 0 Å². The predicted octanol–water partition coefficient (Wildman–Crippen LogP) is 8.67. The Bertz CT molecular complexity index is 1090. The third kappa shape index (κ3) is 9.84. The van der Waals surface area contributed by atoms with Gasteiger partial charge in [0.1, 0.15) is 17.2 Å². The van der Waals surface area contributed by atoms with Crippen LogP contribution in [-0.2, 0) is 0 Å². The van der Waals surface area contributed by atoms with E-state index in [-0.39, 0.29) is 0 Å². The lowest BCUT2D eigenvalue weighted by Gasteiger charge is -2.10. The minimum atomic E-state index is 0.690. The number of terminal acetylenes is 1. The molecule has 3 aromatic rings. The molecule has 0 aliphatic rings. The summed E-state index contributed by atoms with van der Waals surface area (Å²) in [5.41, 5.74) is 2.40. The smallest absolute Gasteiger partial charge is 0.135 e. The molecule has 0 aromatic heterocycles. The maximum absolute atomic E-state index is 5.86. The maximum atomic E-state index is 5.86. The molecule has 0 saturated heterocycles. The maximum Gasteiger partial charge on any atom is 0.135 e. The van der Waals surface area contributed by atoms with E-state index in [1.807, 2.05) is 72.8 Å². The minimum Gasteiger partial charge on any atom is -0.497 e. The largest absolute Gasteiger partial charge is 0.497 e. The molecular formula is C31H36N2O3. The second kappa shape index (κ2) is 16.0. The molecule has 0 spiro atoms. The van der Waals surface area contributed by atoms with E-state index in [1.165, 1.54) is 38.5 Å². The third-order valence-corrected chi connectivity index (χ3v) is 5.78. The number of unbranched alkanes of at least 4 members (excludes halogenated alkanes) is 7. The zero-order chi connectivity index (χ0) is 25.3. The average Bonchev–Trinajstić information content (AvgIpc) is 2.93. The van der Waals surface area contributed by atoms with E-state index < -0.39 is 0 Å². The number of benzene rings is 3. The predicted molar refractivity (Wildman–Crippen MR) is 146 cm³/mol. The van der Waals surface area contributed by atoms with Crippen LogP contribution in [0, 0.1) is 12.3 Å². The molecule has 5 heteroatoms. The van der Waals surface area contributed by atoms with Gasteiger partial charge in [-0.3, -0.25) is 0 Å². The van der Waals surface area contributed by atoms with Crippen LogP contribution in [0.15, 0.2) is 83.0 Å². The van der Waals surface area contributed by atoms with Crippen molar-refractivity contribution in [3.05, 3.63) is 78.4 Å². The summed E-state index contributed by atoms with van der Waals surface area (Å²) in [6, 6.07) is 23.1. The van der Waals surface area contributed by atoms with Gasteiger partial charge in [-0.05, 0) is 67.4 Å². The molecule has 0 amide bonds. The van der Waals surface area contributed by atoms with Crippen LogP contribution < -0.4 is 14.2 Å². The Morgan fingerprint density at radius 2 is 1.19 bits per heavy atom. The van der Waals surface area contributed by atoms with Gasteiger partial charge < -0.3 is 14.2 Å². The summed E-state index contributed by atoms with van der Waals surface area (Å²) in [6.07, 6.45) is 15.0. The van der Waals surface area contributed by atoms with E-state index in [1.54, 1.807) is 7.11 Å². The van der Waals surface area contributed by atoms with Gasteiger partial charge in [0, 0.05) is 0 Å². The average molecular weight is 485 g/mol. The van der Waals surface area contributed by atoms with Gasteiger partial charge in [0.05, 0.1) is 37.3 Å². The number of methoxy groups -OCH3 is 1. The summed E-state index contributed by atoms with van der Waals surface area (Å²) >= 11 is 0. The SMILES string of the molecule is C#Cc1cc(OC)ccc1OCCCCCCCCCCOc1ccc(N=Nc2ccccc2)cc1. The minimum absolute atomic E-state index is 0.690. The quantitative estimate of drug-likeness (QED) is 0.116. The summed E-state index contributed by atoms with van der Waals surface area (Å²) in [5, 5.41) is 8.49. The van der Waals surface area contributed by atoms with E-state index in [0.717, 1.165) is 53.6 Å². The van der Waals surface area contributed by atoms with Crippen molar-refractivity contribution in [2.45, 2.75) is 51.4 Å². The van der Waals surface area contributed by atoms with Gasteiger partial charge in [-0.2, -0.15) is 10.2 Å². The molecule has 5 nitrogen and oxygen atoms in total. The van der Waals surface area contributed by atoms with Gasteiger partial charge in [-0.15, -0.1) is 6.42 Å². The Hall–Kier alpha value is -3.78. The Balaban J connectivity index is 1.16. The Morgan fingerprint density at radius 3 is 1.81 bits per heavy atom. The van der Waals surface area contributed by atoms with Gasteiger partial charge in [0.15, 0.2) is 0 Å². The van der Waals surface area contributed by atoms with Crippen molar-refractivity contribution in [3.8, 4) is 29.6 Å². The summed E-state index contributed by atoms with van der Waals surface area (Å²) in [6.45, 7) is 1.43. The summed E-state index contributed by atoms with van der Waals surface area (Å²) < 4.78 is 16.9. The summed E-state index contributed by atoms with van der Waals surface area (Å²) in [4.78, 5) is 0. The van der Waals surface area contributed by atoms with E-state index in [0.29, 0.717) is 6.61 Å². The fourth-order valence-electron chi connectivity index (χ4n) is 3.73. The first-order valence-electron chi connectivity index (χ1n) is 12.8. The van der Waals surface area contributed by atoms with Crippen molar-refractivity contribution in [3.63, 3.8) is 0 Å². The van der Waals surface area contributed by atoms with Crippen LogP contribution in [0.1, 0.15) is 56.9 Å². The number of azo groups is 1. The topological polar surface area (TPSA) is 52.4 Å². The molecule has 0 aliphatic carbocycles. The first kappa shape index (κ1) is 26.8. The molecule has 36 heavy (non-hydrogen) atoms. The van der Waals surface area contributed by atoms with Crippen LogP contribution in [0.25, 0.3) is 0 Å². The van der Waals surface area contributed by atoms with Crippen molar-refractivity contribution >= 4 is 11.4 Å². The molecule has 0 unspecified atom stereocenters. The van der Waals surface area contributed by atoms with Crippen molar-refractivity contribution < 1.29 is 14.2 Å². The van der Waals surface area contributed by atoms with E-state index in [9.17, 15) is 0 Å². The van der Waals surface area contributed by atoms with Gasteiger partial charge in [-0.1, -0.05) is 62.6 Å². The highest BCUT2D eigenvalue weighted by Crippen LogP contribution is 2.24. The van der Waals surface area contributed by atoms with Crippen LogP contribution in [0.2, 0.25) is 0 Å². The first-order chi connectivity index (χ1) is 17.8. The van der Waals surface area contributed by atoms with Crippen LogP contribution in [0.5, 0.6) is 17.2 Å². The summed E-state index contributed by atoms with van der Waals surface area (Å²) in [7, 11) is 1.63. The van der Waals surface area contributed by atoms with Crippen molar-refractivity contribution in [2.75, 3.05) is 20.3 Å². The highest BCUT2D eigenvalue weighted by atomic mass is 16.5. The molecule has 0 radical (unpaired) electrons. The van der Waals surface area contributed by atoms with Crippen molar-refractivity contribution in [1.82, 2.24) is 0 Å². The highest BCUT2D eigenvalue weighted by Gasteiger charge is 2.03. The van der Waals surface area contributed by atoms with Crippen molar-refractivity contribution in [2.24, 2.45) is 10.2 Å². The monoisotopic (exact) mass is 484 g/mol. The number of hydrogen-bond acceptors (Lipinski definition) is 5. The van der Waals surface area contributed by atoms with Gasteiger partial charge in [-0.25, -0.2) is 0 Å². The molecule has 3 aromatic carbocycles. The first-order valence-corrected chi connectivity index (χ1v) is 12.8. The molecular weight excluding hydrogens is 448 g/mol. The third-order valence-electron chi connectivity index (χ3n) is 5.78. The van der Waals surface area contributed by atoms with Crippen LogP contribution in [0.3, 0.4) is 0 Å². The van der Waals surface area contributed by atoms with Crippen LogP contribution in [0.4, 0.5) is 11.4 Å². The molecule has 0 saturated carbocycles. The molecule has 0 N–H and O–H groups in total. The lowest BCUT2D eigenvalue weighted by molar-refractivity contribution is 0.300. The zero-order valence-electron chi connectivity index (χ0n) is 21.2. The number of rotatable bonds is 16. The molecule has 0 bridgehead atoms. The fourth-order valence-corrected chi connectivity index (χ4v) is 3.73. The highest BCUT2D eigenvalue weighted by molar-refractivity contribution is 5.49. The normalized spacial score (nSPS) is 10.8. The summed E-state index contributed by atoms with van der Waals surface area (Å²) in [5.74, 6) is 5.04. The van der Waals surface area contributed by atoms with E-state index in [4.69, 9.17) is 20.6 Å².